The first-order chi connectivity index (χ1) is 10.1. The Bertz CT molecular complexity index is 486. The van der Waals surface area contributed by atoms with Crippen LogP contribution in [0.4, 0.5) is 0 Å². The normalized spacial score (nSPS) is 25.6. The van der Waals surface area contributed by atoms with Crippen molar-refractivity contribution in [3.8, 4) is 0 Å². The third kappa shape index (κ3) is 3.72. The summed E-state index contributed by atoms with van der Waals surface area (Å²) in [4.78, 5) is 5.10. The van der Waals surface area contributed by atoms with Gasteiger partial charge in [-0.2, -0.15) is 0 Å². The molecule has 2 heterocycles. The van der Waals surface area contributed by atoms with Crippen molar-refractivity contribution in [2.24, 2.45) is 5.73 Å². The zero-order chi connectivity index (χ0) is 14.8. The second-order valence-corrected chi connectivity index (χ2v) is 7.05. The van der Waals surface area contributed by atoms with E-state index in [0.29, 0.717) is 22.1 Å². The Morgan fingerprint density at radius 2 is 1.86 bits per heavy atom. The molecule has 0 bridgehead atoms. The molecule has 0 radical (unpaired) electrons. The second-order valence-electron chi connectivity index (χ2n) is 6.26. The summed E-state index contributed by atoms with van der Waals surface area (Å²) in [5.74, 6) is 0. The lowest BCUT2D eigenvalue weighted by atomic mass is 10.0. The molecule has 0 saturated carbocycles. The molecular weight excluding hydrogens is 305 g/mol. The molecule has 1 unspecified atom stereocenters. The second kappa shape index (κ2) is 6.84. The van der Waals surface area contributed by atoms with E-state index in [1.54, 1.807) is 0 Å². The van der Waals surface area contributed by atoms with Gasteiger partial charge in [0.05, 0.1) is 10.0 Å². The van der Waals surface area contributed by atoms with Gasteiger partial charge in [0, 0.05) is 31.7 Å². The van der Waals surface area contributed by atoms with Crippen molar-refractivity contribution >= 4 is 23.2 Å². The number of likely N-dealkylation sites (tertiary alicyclic amines) is 2. The van der Waals surface area contributed by atoms with Gasteiger partial charge < -0.3 is 5.73 Å². The quantitative estimate of drug-likeness (QED) is 0.926. The zero-order valence-corrected chi connectivity index (χ0v) is 13.8. The Balaban J connectivity index is 1.56. The molecule has 2 saturated heterocycles. The van der Waals surface area contributed by atoms with E-state index in [1.807, 2.05) is 12.1 Å². The number of rotatable bonds is 3. The summed E-state index contributed by atoms with van der Waals surface area (Å²) in [7, 11) is 0. The fourth-order valence-electron chi connectivity index (χ4n) is 3.45. The minimum Gasteiger partial charge on any atom is -0.328 e. The average molecular weight is 328 g/mol. The fraction of sp³-hybridized carbons (Fsp3) is 0.625. The van der Waals surface area contributed by atoms with Crippen LogP contribution in [0.1, 0.15) is 24.8 Å². The molecule has 2 aliphatic heterocycles. The third-order valence-electron chi connectivity index (χ3n) is 4.76. The van der Waals surface area contributed by atoms with Crippen LogP contribution >= 0.6 is 23.2 Å². The van der Waals surface area contributed by atoms with Gasteiger partial charge in [-0.3, -0.25) is 9.80 Å². The molecule has 1 atom stereocenters. The maximum absolute atomic E-state index is 6.29. The highest BCUT2D eigenvalue weighted by Gasteiger charge is 2.29. The van der Waals surface area contributed by atoms with Crippen molar-refractivity contribution in [2.45, 2.75) is 37.9 Å². The largest absolute Gasteiger partial charge is 0.328 e. The molecular formula is C16H23Cl2N3. The van der Waals surface area contributed by atoms with E-state index in [-0.39, 0.29) is 0 Å². The number of hydrogen-bond donors (Lipinski definition) is 1. The minimum absolute atomic E-state index is 0.407. The van der Waals surface area contributed by atoms with E-state index in [4.69, 9.17) is 28.9 Å². The van der Waals surface area contributed by atoms with E-state index in [0.717, 1.165) is 51.1 Å². The number of nitrogens with zero attached hydrogens (tertiary/aromatic N) is 2. The van der Waals surface area contributed by atoms with Crippen molar-refractivity contribution < 1.29 is 0 Å². The van der Waals surface area contributed by atoms with Gasteiger partial charge in [-0.05, 0) is 44.0 Å². The van der Waals surface area contributed by atoms with Gasteiger partial charge in [0.2, 0.25) is 0 Å². The molecule has 1 aromatic rings. The number of halogens is 2. The summed E-state index contributed by atoms with van der Waals surface area (Å²) in [5.41, 5.74) is 7.12. The molecule has 2 fully saturated rings. The van der Waals surface area contributed by atoms with Gasteiger partial charge in [-0.25, -0.2) is 0 Å². The van der Waals surface area contributed by atoms with Gasteiger partial charge in [0.25, 0.3) is 0 Å². The summed E-state index contributed by atoms with van der Waals surface area (Å²) in [5, 5.41) is 1.35. The Kier molecular flexibility index (Phi) is 5.07. The van der Waals surface area contributed by atoms with Gasteiger partial charge in [0.15, 0.2) is 0 Å². The van der Waals surface area contributed by atoms with Crippen LogP contribution < -0.4 is 5.73 Å². The van der Waals surface area contributed by atoms with Crippen LogP contribution in [0, 0.1) is 0 Å². The first-order valence-electron chi connectivity index (χ1n) is 7.78. The Hall–Kier alpha value is -0.320. The zero-order valence-electron chi connectivity index (χ0n) is 12.3. The number of piperidine rings is 1. The van der Waals surface area contributed by atoms with Crippen LogP contribution in [0.5, 0.6) is 0 Å². The molecule has 116 valence electrons. The predicted octanol–water partition coefficient (Wildman–Crippen LogP) is 2.99. The van der Waals surface area contributed by atoms with E-state index in [1.165, 1.54) is 6.42 Å². The summed E-state index contributed by atoms with van der Waals surface area (Å²) in [6, 6.07) is 6.97. The lowest BCUT2D eigenvalue weighted by Crippen LogP contribution is -2.46. The van der Waals surface area contributed by atoms with Crippen molar-refractivity contribution in [1.29, 1.82) is 0 Å². The third-order valence-corrected chi connectivity index (χ3v) is 5.62. The molecule has 3 rings (SSSR count). The average Bonchev–Trinajstić information content (AvgIpc) is 2.93. The molecule has 5 heteroatoms. The first kappa shape index (κ1) is 15.6. The van der Waals surface area contributed by atoms with E-state index in [2.05, 4.69) is 15.9 Å². The molecule has 21 heavy (non-hydrogen) atoms. The Morgan fingerprint density at radius 3 is 2.62 bits per heavy atom. The summed E-state index contributed by atoms with van der Waals surface area (Å²) in [6.07, 6.45) is 3.51. The van der Waals surface area contributed by atoms with Crippen LogP contribution in [0.25, 0.3) is 0 Å². The van der Waals surface area contributed by atoms with Gasteiger partial charge in [-0.15, -0.1) is 0 Å². The smallest absolute Gasteiger partial charge is 0.0637 e. The minimum atomic E-state index is 0.407. The van der Waals surface area contributed by atoms with Crippen LogP contribution in [-0.2, 0) is 6.54 Å². The SMILES string of the molecule is NC1CCN(C2CCN(Cc3cccc(Cl)c3Cl)C2)CC1. The lowest BCUT2D eigenvalue weighted by Gasteiger charge is -2.34. The van der Waals surface area contributed by atoms with Crippen LogP contribution in [-0.4, -0.2) is 48.1 Å². The highest BCUT2D eigenvalue weighted by Crippen LogP contribution is 2.28. The van der Waals surface area contributed by atoms with Crippen molar-refractivity contribution in [3.05, 3.63) is 33.8 Å². The Morgan fingerprint density at radius 1 is 1.10 bits per heavy atom. The number of benzene rings is 1. The summed E-state index contributed by atoms with van der Waals surface area (Å²) in [6.45, 7) is 5.45. The van der Waals surface area contributed by atoms with E-state index in [9.17, 15) is 0 Å². The highest BCUT2D eigenvalue weighted by atomic mass is 35.5. The fourth-order valence-corrected chi connectivity index (χ4v) is 3.83. The summed E-state index contributed by atoms with van der Waals surface area (Å²) >= 11 is 12.4. The van der Waals surface area contributed by atoms with Crippen LogP contribution in [0.2, 0.25) is 10.0 Å². The van der Waals surface area contributed by atoms with Crippen LogP contribution in [0.3, 0.4) is 0 Å². The molecule has 1 aromatic carbocycles. The van der Waals surface area contributed by atoms with Crippen molar-refractivity contribution in [1.82, 2.24) is 9.80 Å². The molecule has 0 spiro atoms. The van der Waals surface area contributed by atoms with Gasteiger partial charge in [-0.1, -0.05) is 35.3 Å². The standard InChI is InChI=1S/C16H23Cl2N3/c17-15-3-1-2-12(16(15)18)10-20-7-6-14(11-20)21-8-4-13(19)5-9-21/h1-3,13-14H,4-11,19H2. The predicted molar refractivity (Wildman–Crippen MR) is 88.9 cm³/mol. The number of nitrogens with two attached hydrogens (primary N) is 1. The monoisotopic (exact) mass is 327 g/mol. The van der Waals surface area contributed by atoms with Crippen LogP contribution in [0.15, 0.2) is 18.2 Å². The highest BCUT2D eigenvalue weighted by molar-refractivity contribution is 6.42. The topological polar surface area (TPSA) is 32.5 Å². The maximum atomic E-state index is 6.29. The van der Waals surface area contributed by atoms with E-state index < -0.39 is 0 Å². The molecule has 2 N–H and O–H groups in total. The lowest BCUT2D eigenvalue weighted by molar-refractivity contribution is 0.151. The summed E-state index contributed by atoms with van der Waals surface area (Å²) < 4.78 is 0. The molecule has 2 aliphatic rings. The molecule has 0 amide bonds. The Labute approximate surface area is 137 Å². The van der Waals surface area contributed by atoms with E-state index >= 15 is 0 Å². The van der Waals surface area contributed by atoms with Gasteiger partial charge in [0.1, 0.15) is 0 Å². The molecule has 0 aromatic heterocycles. The van der Waals surface area contributed by atoms with Crippen molar-refractivity contribution in [2.75, 3.05) is 26.2 Å². The molecule has 3 nitrogen and oxygen atoms in total. The first-order valence-corrected chi connectivity index (χ1v) is 8.54. The van der Waals surface area contributed by atoms with Crippen molar-refractivity contribution in [3.63, 3.8) is 0 Å². The maximum Gasteiger partial charge on any atom is 0.0637 e. The van der Waals surface area contributed by atoms with Gasteiger partial charge >= 0.3 is 0 Å². The number of hydrogen-bond acceptors (Lipinski definition) is 3. The molecule has 0 aliphatic carbocycles.